The summed E-state index contributed by atoms with van der Waals surface area (Å²) >= 11 is 0. The maximum Gasteiger partial charge on any atom is 0.291 e. The molecule has 1 heterocycles. The lowest BCUT2D eigenvalue weighted by atomic mass is 10.4. The maximum atomic E-state index is 10.4. The minimum absolute atomic E-state index is 0.699. The Labute approximate surface area is 53.5 Å². The Hall–Kier alpha value is -0.790. The first-order valence-electron chi connectivity index (χ1n) is 2.22. The second kappa shape index (κ2) is 1.87. The van der Waals surface area contributed by atoms with Crippen LogP contribution in [0.5, 0.6) is 0 Å². The fourth-order valence-electron chi connectivity index (χ4n) is 0.460. The fraction of sp³-hybridized carbons (Fsp3) is 0.200. The van der Waals surface area contributed by atoms with Crippen molar-refractivity contribution in [3.63, 3.8) is 0 Å². The van der Waals surface area contributed by atoms with Gasteiger partial charge in [0, 0.05) is 0 Å². The molecule has 0 aliphatic carbocycles. The van der Waals surface area contributed by atoms with Gasteiger partial charge in [-0.1, -0.05) is 5.92 Å². The Balaban J connectivity index is 2.87. The predicted octanol–water partition coefficient (Wildman–Crippen LogP) is -0.138. The van der Waals surface area contributed by atoms with Crippen LogP contribution < -0.4 is 0 Å². The summed E-state index contributed by atoms with van der Waals surface area (Å²) < 4.78 is 25.1. The van der Waals surface area contributed by atoms with Gasteiger partial charge in [0.15, 0.2) is 6.10 Å². The molecule has 1 aliphatic heterocycles. The third kappa shape index (κ3) is 1.31. The molecule has 1 aliphatic rings. The quantitative estimate of drug-likeness (QED) is 0.351. The average molecular weight is 144 g/mol. The van der Waals surface area contributed by atoms with Crippen LogP contribution in [0.3, 0.4) is 0 Å². The van der Waals surface area contributed by atoms with E-state index in [0.29, 0.717) is 0 Å². The van der Waals surface area contributed by atoms with Crippen molar-refractivity contribution < 1.29 is 12.6 Å². The third-order valence-electron chi connectivity index (χ3n) is 0.822. The monoisotopic (exact) mass is 144 g/mol. The molecule has 3 nitrogen and oxygen atoms in total. The summed E-state index contributed by atoms with van der Waals surface area (Å²) in [5.74, 6) is 2.13. The molecule has 0 spiro atoms. The van der Waals surface area contributed by atoms with E-state index < -0.39 is 16.2 Å². The molecule has 0 bridgehead atoms. The first-order valence-corrected chi connectivity index (χ1v) is 3.69. The Bertz CT molecular complexity index is 267. The van der Waals surface area contributed by atoms with Gasteiger partial charge < -0.3 is 0 Å². The molecule has 0 aromatic rings. The van der Waals surface area contributed by atoms with Gasteiger partial charge in [-0.25, -0.2) is 4.18 Å². The summed E-state index contributed by atoms with van der Waals surface area (Å²) in [4.78, 5) is 0. The lowest BCUT2D eigenvalue weighted by molar-refractivity contribution is 0.324. The van der Waals surface area contributed by atoms with Crippen molar-refractivity contribution in [3.8, 4) is 12.3 Å². The molecule has 48 valence electrons. The van der Waals surface area contributed by atoms with Crippen LogP contribution in [0.4, 0.5) is 0 Å². The molecular formula is C5H4O3S. The molecule has 4 heteroatoms. The van der Waals surface area contributed by atoms with Gasteiger partial charge in [-0.2, -0.15) is 8.42 Å². The van der Waals surface area contributed by atoms with E-state index in [1.807, 2.05) is 0 Å². The summed E-state index contributed by atoms with van der Waals surface area (Å²) in [7, 11) is -3.43. The Morgan fingerprint density at radius 2 is 2.33 bits per heavy atom. The van der Waals surface area contributed by atoms with Crippen molar-refractivity contribution in [1.29, 1.82) is 0 Å². The van der Waals surface area contributed by atoms with E-state index in [0.717, 1.165) is 5.41 Å². The number of terminal acetylenes is 1. The topological polar surface area (TPSA) is 43.4 Å². The summed E-state index contributed by atoms with van der Waals surface area (Å²) in [5, 5.41) is 0.956. The molecular weight excluding hydrogens is 140 g/mol. The molecule has 0 radical (unpaired) electrons. The zero-order valence-corrected chi connectivity index (χ0v) is 5.26. The lowest BCUT2D eigenvalue weighted by Gasteiger charge is -1.93. The Morgan fingerprint density at radius 1 is 1.67 bits per heavy atom. The molecule has 1 atom stereocenters. The SMILES string of the molecule is C#CC1C=CS(=O)(=O)O1. The molecule has 1 rings (SSSR count). The molecule has 0 amide bonds. The second-order valence-electron chi connectivity index (χ2n) is 1.50. The van der Waals surface area contributed by atoms with Gasteiger partial charge in [-0.15, -0.1) is 6.42 Å². The first-order chi connectivity index (χ1) is 4.14. The summed E-state index contributed by atoms with van der Waals surface area (Å²) in [6.07, 6.45) is 5.48. The largest absolute Gasteiger partial charge is 0.291 e. The zero-order chi connectivity index (χ0) is 6.91. The highest BCUT2D eigenvalue weighted by Crippen LogP contribution is 2.10. The first kappa shape index (κ1) is 6.33. The molecule has 1 unspecified atom stereocenters. The smallest absolute Gasteiger partial charge is 0.246 e. The van der Waals surface area contributed by atoms with Crippen molar-refractivity contribution >= 4 is 10.1 Å². The van der Waals surface area contributed by atoms with Crippen LogP contribution in [0.2, 0.25) is 0 Å². The predicted molar refractivity (Wildman–Crippen MR) is 31.8 cm³/mol. The standard InChI is InChI=1S/C5H4O3S/c1-2-5-3-4-9(6,7)8-5/h1,3-5H. The van der Waals surface area contributed by atoms with E-state index in [1.165, 1.54) is 6.08 Å². The number of hydrogen-bond donors (Lipinski definition) is 0. The van der Waals surface area contributed by atoms with E-state index in [1.54, 1.807) is 0 Å². The van der Waals surface area contributed by atoms with Gasteiger partial charge in [0.1, 0.15) is 0 Å². The van der Waals surface area contributed by atoms with Gasteiger partial charge in [0.25, 0.3) is 10.1 Å². The van der Waals surface area contributed by atoms with Crippen LogP contribution in [-0.2, 0) is 14.3 Å². The minimum atomic E-state index is -3.43. The van der Waals surface area contributed by atoms with Crippen molar-refractivity contribution in [2.75, 3.05) is 0 Å². The van der Waals surface area contributed by atoms with Crippen LogP contribution in [-0.4, -0.2) is 14.5 Å². The molecule has 9 heavy (non-hydrogen) atoms. The molecule has 0 fully saturated rings. The highest BCUT2D eigenvalue weighted by Gasteiger charge is 2.19. The highest BCUT2D eigenvalue weighted by atomic mass is 32.2. The van der Waals surface area contributed by atoms with Crippen LogP contribution >= 0.6 is 0 Å². The Kier molecular flexibility index (Phi) is 1.31. The lowest BCUT2D eigenvalue weighted by Crippen LogP contribution is -2.03. The normalized spacial score (nSPS) is 29.9. The van der Waals surface area contributed by atoms with Gasteiger partial charge in [0.2, 0.25) is 0 Å². The molecule has 0 N–H and O–H groups in total. The van der Waals surface area contributed by atoms with Crippen LogP contribution in [0.15, 0.2) is 11.5 Å². The van der Waals surface area contributed by atoms with Crippen molar-refractivity contribution in [2.45, 2.75) is 6.10 Å². The van der Waals surface area contributed by atoms with E-state index in [9.17, 15) is 8.42 Å². The van der Waals surface area contributed by atoms with E-state index in [2.05, 4.69) is 10.1 Å². The van der Waals surface area contributed by atoms with E-state index in [-0.39, 0.29) is 0 Å². The fourth-order valence-corrected chi connectivity index (χ4v) is 1.27. The second-order valence-corrected chi connectivity index (χ2v) is 2.96. The van der Waals surface area contributed by atoms with Crippen LogP contribution in [0.1, 0.15) is 0 Å². The van der Waals surface area contributed by atoms with E-state index >= 15 is 0 Å². The summed E-state index contributed by atoms with van der Waals surface area (Å²) in [6.45, 7) is 0. The number of hydrogen-bond acceptors (Lipinski definition) is 3. The summed E-state index contributed by atoms with van der Waals surface area (Å²) in [6, 6.07) is 0. The van der Waals surface area contributed by atoms with Gasteiger partial charge >= 0.3 is 0 Å². The molecule has 0 saturated carbocycles. The zero-order valence-electron chi connectivity index (χ0n) is 4.44. The van der Waals surface area contributed by atoms with E-state index in [4.69, 9.17) is 6.42 Å². The van der Waals surface area contributed by atoms with Crippen molar-refractivity contribution in [3.05, 3.63) is 11.5 Å². The van der Waals surface area contributed by atoms with Crippen LogP contribution in [0, 0.1) is 12.3 Å². The van der Waals surface area contributed by atoms with Gasteiger partial charge in [-0.05, 0) is 6.08 Å². The number of rotatable bonds is 0. The Morgan fingerprint density at radius 3 is 2.56 bits per heavy atom. The third-order valence-corrected chi connectivity index (χ3v) is 1.79. The minimum Gasteiger partial charge on any atom is -0.246 e. The summed E-state index contributed by atoms with van der Waals surface area (Å²) in [5.41, 5.74) is 0. The van der Waals surface area contributed by atoms with Crippen LogP contribution in [0.25, 0.3) is 0 Å². The molecule has 0 aromatic carbocycles. The highest BCUT2D eigenvalue weighted by molar-refractivity contribution is 7.89. The molecule has 0 aromatic heterocycles. The van der Waals surface area contributed by atoms with Crippen molar-refractivity contribution in [2.24, 2.45) is 0 Å². The maximum absolute atomic E-state index is 10.4. The van der Waals surface area contributed by atoms with Crippen molar-refractivity contribution in [1.82, 2.24) is 0 Å². The molecule has 0 saturated heterocycles. The van der Waals surface area contributed by atoms with Gasteiger partial charge in [-0.3, -0.25) is 0 Å². The van der Waals surface area contributed by atoms with Gasteiger partial charge in [0.05, 0.1) is 5.41 Å². The average Bonchev–Trinajstić information content (AvgIpc) is 2.10.